The second-order valence-corrected chi connectivity index (χ2v) is 9.70. The Morgan fingerprint density at radius 3 is 2.37 bits per heavy atom. The number of aliphatic hydroxyl groups is 1. The van der Waals surface area contributed by atoms with E-state index in [1.54, 1.807) is 16.7 Å². The molecule has 0 spiro atoms. The van der Waals surface area contributed by atoms with E-state index in [1.165, 1.54) is 7.11 Å². The summed E-state index contributed by atoms with van der Waals surface area (Å²) in [6.07, 6.45) is 1.29. The van der Waals surface area contributed by atoms with Crippen LogP contribution in [0.5, 0.6) is 0 Å². The molecule has 1 aliphatic heterocycles. The third-order valence-electron chi connectivity index (χ3n) is 7.11. The number of hydrogen-bond donors (Lipinski definition) is 1. The molecule has 1 saturated carbocycles. The molecule has 0 amide bonds. The fourth-order valence-corrected chi connectivity index (χ4v) is 5.29. The van der Waals surface area contributed by atoms with Crippen molar-refractivity contribution in [2.45, 2.75) is 24.5 Å². The summed E-state index contributed by atoms with van der Waals surface area (Å²) in [7, 11) is 1.36. The van der Waals surface area contributed by atoms with Gasteiger partial charge in [-0.2, -0.15) is 0 Å². The molecule has 2 heterocycles. The number of rotatable bonds is 5. The number of carbonyl (C=O) groups is 1. The Balaban J connectivity index is 1.50. The van der Waals surface area contributed by atoms with Crippen molar-refractivity contribution in [3.63, 3.8) is 0 Å². The Labute approximate surface area is 206 Å². The zero-order valence-electron chi connectivity index (χ0n) is 19.1. The number of β-amino-alcohol motifs (C(OH)–C–C–N with tert-alkyl or cyclic N) is 1. The molecule has 0 atom stereocenters. The Kier molecular flexibility index (Phi) is 5.02. The first-order valence-corrected chi connectivity index (χ1v) is 11.9. The number of nitrogens with zero attached hydrogens (tertiary/aromatic N) is 3. The highest BCUT2D eigenvalue weighted by Crippen LogP contribution is 2.50. The molecule has 7 nitrogen and oxygen atoms in total. The van der Waals surface area contributed by atoms with Crippen LogP contribution in [0.3, 0.4) is 0 Å². The molecular weight excluding hydrogens is 466 g/mol. The number of aromatic nitrogens is 2. The second-order valence-electron chi connectivity index (χ2n) is 9.27. The lowest BCUT2D eigenvalue weighted by molar-refractivity contribution is 0.0600. The van der Waals surface area contributed by atoms with Crippen molar-refractivity contribution in [3.8, 4) is 5.69 Å². The van der Waals surface area contributed by atoms with Crippen molar-refractivity contribution in [2.75, 3.05) is 25.1 Å². The Bertz CT molecular complexity index is 1510. The Hall–Kier alpha value is -3.55. The van der Waals surface area contributed by atoms with Gasteiger partial charge in [0.1, 0.15) is 0 Å². The molecular formula is C27H24ClN3O4. The average molecular weight is 490 g/mol. The summed E-state index contributed by atoms with van der Waals surface area (Å²) in [6, 6.07) is 20.6. The fourth-order valence-electron chi connectivity index (χ4n) is 5.13. The quantitative estimate of drug-likeness (QED) is 0.429. The number of anilines is 1. The van der Waals surface area contributed by atoms with Gasteiger partial charge in [0.15, 0.2) is 0 Å². The van der Waals surface area contributed by atoms with Gasteiger partial charge in [0, 0.05) is 23.8 Å². The van der Waals surface area contributed by atoms with Crippen molar-refractivity contribution < 1.29 is 14.6 Å². The maximum Gasteiger partial charge on any atom is 0.337 e. The van der Waals surface area contributed by atoms with Gasteiger partial charge in [-0.15, -0.1) is 0 Å². The number of aliphatic hydroxyl groups excluding tert-OH is 1. The highest BCUT2D eigenvalue weighted by molar-refractivity contribution is 6.31. The molecule has 6 rings (SSSR count). The largest absolute Gasteiger partial charge is 0.465 e. The van der Waals surface area contributed by atoms with Crippen LogP contribution in [0.2, 0.25) is 5.02 Å². The lowest BCUT2D eigenvalue weighted by Gasteiger charge is -2.37. The van der Waals surface area contributed by atoms with E-state index in [4.69, 9.17) is 16.3 Å². The van der Waals surface area contributed by atoms with Crippen molar-refractivity contribution in [3.05, 3.63) is 93.4 Å². The minimum atomic E-state index is -0.536. The van der Waals surface area contributed by atoms with Crippen molar-refractivity contribution in [2.24, 2.45) is 0 Å². The number of benzene rings is 3. The summed E-state index contributed by atoms with van der Waals surface area (Å²) < 4.78 is 8.44. The first-order chi connectivity index (χ1) is 16.9. The minimum absolute atomic E-state index is 0.157. The number of ether oxygens (including phenoxy) is 1. The molecule has 0 radical (unpaired) electrons. The maximum atomic E-state index is 14.0. The summed E-state index contributed by atoms with van der Waals surface area (Å²) >= 11 is 6.36. The summed E-state index contributed by atoms with van der Waals surface area (Å²) in [4.78, 5) is 28.2. The van der Waals surface area contributed by atoms with Crippen LogP contribution in [0.1, 0.15) is 28.8 Å². The van der Waals surface area contributed by atoms with Crippen LogP contribution in [-0.2, 0) is 10.3 Å². The van der Waals surface area contributed by atoms with Gasteiger partial charge in [0.05, 0.1) is 41.0 Å². The SMILES string of the molecule is COC(=O)c1cccc(C2(n3c(=O)n(-c4ccc(N5CC(O)C5)cc4)c4cc(Cl)ccc43)CC2)c1. The molecule has 178 valence electrons. The normalized spacial score (nSPS) is 16.8. The van der Waals surface area contributed by atoms with Crippen LogP contribution < -0.4 is 10.6 Å². The monoisotopic (exact) mass is 489 g/mol. The smallest absolute Gasteiger partial charge is 0.337 e. The molecule has 1 N–H and O–H groups in total. The van der Waals surface area contributed by atoms with Crippen molar-refractivity contribution in [1.82, 2.24) is 9.13 Å². The predicted octanol–water partition coefficient (Wildman–Crippen LogP) is 3.95. The average Bonchev–Trinajstić information content (AvgIpc) is 3.60. The van der Waals surface area contributed by atoms with E-state index >= 15 is 0 Å². The van der Waals surface area contributed by atoms with Gasteiger partial charge >= 0.3 is 11.7 Å². The van der Waals surface area contributed by atoms with Crippen molar-refractivity contribution in [1.29, 1.82) is 0 Å². The maximum absolute atomic E-state index is 14.0. The van der Waals surface area contributed by atoms with Gasteiger partial charge in [0.2, 0.25) is 0 Å². The lowest BCUT2D eigenvalue weighted by Crippen LogP contribution is -2.50. The van der Waals surface area contributed by atoms with Crippen LogP contribution in [0.25, 0.3) is 16.7 Å². The van der Waals surface area contributed by atoms with E-state index in [0.717, 1.165) is 40.8 Å². The highest BCUT2D eigenvalue weighted by atomic mass is 35.5. The molecule has 2 fully saturated rings. The molecule has 0 bridgehead atoms. The molecule has 3 aromatic carbocycles. The van der Waals surface area contributed by atoms with E-state index in [1.807, 2.05) is 59.2 Å². The summed E-state index contributed by atoms with van der Waals surface area (Å²) in [5.74, 6) is -0.404. The number of methoxy groups -OCH3 is 1. The minimum Gasteiger partial charge on any atom is -0.465 e. The number of hydrogen-bond acceptors (Lipinski definition) is 5. The van der Waals surface area contributed by atoms with E-state index in [9.17, 15) is 14.7 Å². The number of fused-ring (bicyclic) bond motifs is 1. The van der Waals surface area contributed by atoms with Crippen LogP contribution >= 0.6 is 11.6 Å². The van der Waals surface area contributed by atoms with Gasteiger partial charge in [-0.1, -0.05) is 23.7 Å². The lowest BCUT2D eigenvalue weighted by atomic mass is 10.0. The molecule has 2 aliphatic rings. The molecule has 4 aromatic rings. The third-order valence-corrected chi connectivity index (χ3v) is 7.34. The Morgan fingerprint density at radius 2 is 1.71 bits per heavy atom. The van der Waals surface area contributed by atoms with Gasteiger partial charge in [-0.05, 0) is 73.0 Å². The summed E-state index contributed by atoms with van der Waals surface area (Å²) in [5.41, 5.74) is 3.94. The van der Waals surface area contributed by atoms with Gasteiger partial charge in [-0.25, -0.2) is 9.59 Å². The fraction of sp³-hybridized carbons (Fsp3) is 0.259. The topological polar surface area (TPSA) is 76.7 Å². The highest BCUT2D eigenvalue weighted by Gasteiger charge is 2.49. The van der Waals surface area contributed by atoms with Gasteiger partial charge in [0.25, 0.3) is 0 Å². The number of esters is 1. The van der Waals surface area contributed by atoms with E-state index in [2.05, 4.69) is 4.90 Å². The molecule has 1 saturated heterocycles. The summed E-state index contributed by atoms with van der Waals surface area (Å²) in [5, 5.41) is 10.2. The standard InChI is InChI=1S/C27H24ClN3O4/c1-35-25(33)17-3-2-4-18(13-17)27(11-12-27)31-23-10-5-19(28)14-24(23)30(26(31)34)21-8-6-20(7-9-21)29-15-22(32)16-29/h2-10,13-14,22,32H,11-12,15-16H2,1H3. The number of halogens is 1. The molecule has 1 aromatic heterocycles. The molecule has 8 heteroatoms. The van der Waals surface area contributed by atoms with Crippen LogP contribution in [-0.4, -0.2) is 46.5 Å². The Morgan fingerprint density at radius 1 is 1.00 bits per heavy atom. The zero-order valence-corrected chi connectivity index (χ0v) is 19.9. The zero-order chi connectivity index (χ0) is 24.3. The molecule has 0 unspecified atom stereocenters. The van der Waals surface area contributed by atoms with Crippen LogP contribution in [0, 0.1) is 0 Å². The van der Waals surface area contributed by atoms with Gasteiger partial charge in [-0.3, -0.25) is 9.13 Å². The first-order valence-electron chi connectivity index (χ1n) is 11.6. The summed E-state index contributed by atoms with van der Waals surface area (Å²) in [6.45, 7) is 1.22. The number of imidazole rings is 1. The second kappa shape index (κ2) is 8.00. The van der Waals surface area contributed by atoms with E-state index in [0.29, 0.717) is 23.7 Å². The predicted molar refractivity (Wildman–Crippen MR) is 135 cm³/mol. The molecule has 35 heavy (non-hydrogen) atoms. The van der Waals surface area contributed by atoms with Crippen molar-refractivity contribution >= 4 is 34.3 Å². The number of carbonyl (C=O) groups excluding carboxylic acids is 1. The van der Waals surface area contributed by atoms with Gasteiger partial charge < -0.3 is 14.7 Å². The van der Waals surface area contributed by atoms with Crippen LogP contribution in [0.15, 0.2) is 71.5 Å². The third kappa shape index (κ3) is 3.46. The molecule has 1 aliphatic carbocycles. The first kappa shape index (κ1) is 21.9. The van der Waals surface area contributed by atoms with Crippen LogP contribution in [0.4, 0.5) is 5.69 Å². The van der Waals surface area contributed by atoms with E-state index in [-0.39, 0.29) is 11.8 Å². The van der Waals surface area contributed by atoms with E-state index < -0.39 is 11.5 Å².